The number of nitrogens with zero attached hydrogens (tertiary/aromatic N) is 4. The Morgan fingerprint density at radius 1 is 1.00 bits per heavy atom. The van der Waals surface area contributed by atoms with Crippen molar-refractivity contribution in [3.05, 3.63) is 75.6 Å². The van der Waals surface area contributed by atoms with Gasteiger partial charge < -0.3 is 10.1 Å². The molecule has 8 nitrogen and oxygen atoms in total. The standard InChI is InChI=1S/C16H10N4O4/c21-15-10-5-1-2-6-11(10)16(22)19(15)9-12-14(20(23)24)18-8-4-3-7-13(18)17-12/h1-8H,9H2. The van der Waals surface area contributed by atoms with Crippen LogP contribution in [0.1, 0.15) is 26.4 Å². The Hall–Kier alpha value is -3.55. The van der Waals surface area contributed by atoms with Gasteiger partial charge in [0.15, 0.2) is 5.69 Å². The van der Waals surface area contributed by atoms with E-state index in [1.165, 1.54) is 10.6 Å². The SMILES string of the molecule is O=C1c2ccccc2C(=O)N1Cc1nc2ccccn2c1[N+](=O)[O-]. The monoisotopic (exact) mass is 322 g/mol. The van der Waals surface area contributed by atoms with E-state index >= 15 is 0 Å². The van der Waals surface area contributed by atoms with Crippen molar-refractivity contribution in [3.63, 3.8) is 0 Å². The van der Waals surface area contributed by atoms with Gasteiger partial charge in [0.25, 0.3) is 11.8 Å². The van der Waals surface area contributed by atoms with E-state index in [9.17, 15) is 19.7 Å². The Morgan fingerprint density at radius 2 is 1.62 bits per heavy atom. The molecule has 1 aromatic carbocycles. The highest BCUT2D eigenvalue weighted by Crippen LogP contribution is 2.27. The lowest BCUT2D eigenvalue weighted by molar-refractivity contribution is -0.391. The van der Waals surface area contributed by atoms with E-state index < -0.39 is 16.7 Å². The van der Waals surface area contributed by atoms with E-state index in [2.05, 4.69) is 4.98 Å². The Bertz CT molecular complexity index is 989. The molecule has 0 N–H and O–H groups in total. The molecule has 3 aromatic rings. The minimum absolute atomic E-state index is 0.0701. The molecule has 0 bridgehead atoms. The average Bonchev–Trinajstić information content (AvgIpc) is 3.06. The summed E-state index contributed by atoms with van der Waals surface area (Å²) >= 11 is 0. The highest BCUT2D eigenvalue weighted by Gasteiger charge is 2.37. The molecule has 0 spiro atoms. The molecule has 3 heterocycles. The number of hydrogen-bond acceptors (Lipinski definition) is 5. The molecule has 24 heavy (non-hydrogen) atoms. The molecule has 2 amide bonds. The predicted molar refractivity (Wildman–Crippen MR) is 82.5 cm³/mol. The second kappa shape index (κ2) is 4.98. The van der Waals surface area contributed by atoms with Crippen molar-refractivity contribution in [1.82, 2.24) is 14.3 Å². The number of hydrogen-bond donors (Lipinski definition) is 0. The van der Waals surface area contributed by atoms with Crippen LogP contribution in [0.5, 0.6) is 0 Å². The van der Waals surface area contributed by atoms with Gasteiger partial charge in [-0.3, -0.25) is 14.5 Å². The topological polar surface area (TPSA) is 97.8 Å². The predicted octanol–water partition coefficient (Wildman–Crippen LogP) is 2.04. The lowest BCUT2D eigenvalue weighted by Gasteiger charge is -2.11. The van der Waals surface area contributed by atoms with Crippen LogP contribution in [-0.4, -0.2) is 31.0 Å². The van der Waals surface area contributed by atoms with E-state index in [1.54, 1.807) is 42.5 Å². The average molecular weight is 322 g/mol. The van der Waals surface area contributed by atoms with Crippen LogP contribution in [0.25, 0.3) is 5.65 Å². The van der Waals surface area contributed by atoms with Crippen molar-refractivity contribution in [2.45, 2.75) is 6.54 Å². The van der Waals surface area contributed by atoms with Gasteiger partial charge in [-0.1, -0.05) is 18.2 Å². The summed E-state index contributed by atoms with van der Waals surface area (Å²) in [5, 5.41) is 11.4. The molecule has 0 aliphatic carbocycles. The first-order valence-electron chi connectivity index (χ1n) is 7.13. The Morgan fingerprint density at radius 3 is 2.25 bits per heavy atom. The maximum absolute atomic E-state index is 12.4. The van der Waals surface area contributed by atoms with Crippen molar-refractivity contribution in [1.29, 1.82) is 0 Å². The molecule has 0 saturated heterocycles. The molecule has 2 aromatic heterocycles. The zero-order valence-electron chi connectivity index (χ0n) is 12.2. The van der Waals surface area contributed by atoms with Gasteiger partial charge in [-0.05, 0) is 23.1 Å². The van der Waals surface area contributed by atoms with Crippen LogP contribution in [0.3, 0.4) is 0 Å². The quantitative estimate of drug-likeness (QED) is 0.417. The largest absolute Gasteiger partial charge is 0.358 e. The molecule has 4 rings (SSSR count). The summed E-state index contributed by atoms with van der Waals surface area (Å²) in [7, 11) is 0. The zero-order valence-corrected chi connectivity index (χ0v) is 12.2. The minimum atomic E-state index is -0.562. The van der Waals surface area contributed by atoms with Crippen LogP contribution in [0.2, 0.25) is 0 Å². The Labute approximate surface area is 135 Å². The first-order chi connectivity index (χ1) is 11.6. The highest BCUT2D eigenvalue weighted by molar-refractivity contribution is 6.21. The van der Waals surface area contributed by atoms with E-state index in [0.29, 0.717) is 16.8 Å². The van der Waals surface area contributed by atoms with Crippen LogP contribution in [-0.2, 0) is 6.54 Å². The second-order valence-corrected chi connectivity index (χ2v) is 5.31. The molecule has 8 heteroatoms. The highest BCUT2D eigenvalue weighted by atomic mass is 16.6. The number of carbonyl (C=O) groups is 2. The molecule has 0 atom stereocenters. The number of benzene rings is 1. The number of pyridine rings is 1. The third-order valence-electron chi connectivity index (χ3n) is 3.93. The smallest absolute Gasteiger partial charge is 0.352 e. The summed E-state index contributed by atoms with van der Waals surface area (Å²) in [6.07, 6.45) is 1.52. The molecule has 1 aliphatic heterocycles. The van der Waals surface area contributed by atoms with E-state index in [0.717, 1.165) is 4.90 Å². The first kappa shape index (κ1) is 14.1. The van der Waals surface area contributed by atoms with Crippen molar-refractivity contribution >= 4 is 23.3 Å². The number of nitro groups is 1. The Kier molecular flexibility index (Phi) is 2.92. The van der Waals surface area contributed by atoms with Crippen LogP contribution >= 0.6 is 0 Å². The van der Waals surface area contributed by atoms with Gasteiger partial charge in [-0.2, -0.15) is 4.40 Å². The third kappa shape index (κ3) is 1.89. The first-order valence-corrected chi connectivity index (χ1v) is 7.13. The number of imide groups is 1. The summed E-state index contributed by atoms with van der Waals surface area (Å²) in [4.78, 5) is 40.9. The maximum atomic E-state index is 12.4. The molecular formula is C16H10N4O4. The number of rotatable bonds is 3. The van der Waals surface area contributed by atoms with Crippen molar-refractivity contribution < 1.29 is 14.5 Å². The number of aromatic nitrogens is 2. The van der Waals surface area contributed by atoms with Gasteiger partial charge in [0.05, 0.1) is 23.9 Å². The summed E-state index contributed by atoms with van der Waals surface area (Å²) in [6.45, 7) is -0.246. The fourth-order valence-electron chi connectivity index (χ4n) is 2.86. The minimum Gasteiger partial charge on any atom is -0.358 e. The van der Waals surface area contributed by atoms with Crippen molar-refractivity contribution in [2.24, 2.45) is 0 Å². The van der Waals surface area contributed by atoms with Crippen LogP contribution in [0, 0.1) is 10.1 Å². The number of carbonyl (C=O) groups excluding carboxylic acids is 2. The number of fused-ring (bicyclic) bond motifs is 2. The molecule has 1 aliphatic rings. The van der Waals surface area contributed by atoms with Gasteiger partial charge in [-0.25, -0.2) is 4.98 Å². The Balaban J connectivity index is 1.79. The van der Waals surface area contributed by atoms with E-state index in [4.69, 9.17) is 0 Å². The van der Waals surface area contributed by atoms with Crippen molar-refractivity contribution in [2.75, 3.05) is 0 Å². The lowest BCUT2D eigenvalue weighted by atomic mass is 10.1. The second-order valence-electron chi connectivity index (χ2n) is 5.31. The van der Waals surface area contributed by atoms with Gasteiger partial charge in [0.2, 0.25) is 5.65 Å². The maximum Gasteiger partial charge on any atom is 0.352 e. The molecule has 118 valence electrons. The van der Waals surface area contributed by atoms with Gasteiger partial charge in [0, 0.05) is 6.07 Å². The van der Waals surface area contributed by atoms with Crippen molar-refractivity contribution in [3.8, 4) is 0 Å². The van der Waals surface area contributed by atoms with Gasteiger partial charge in [-0.15, -0.1) is 0 Å². The third-order valence-corrected chi connectivity index (χ3v) is 3.93. The molecule has 0 radical (unpaired) electrons. The molecule has 0 saturated carbocycles. The fraction of sp³-hybridized carbons (Fsp3) is 0.0625. The normalized spacial score (nSPS) is 13.6. The summed E-state index contributed by atoms with van der Waals surface area (Å²) in [6, 6.07) is 11.4. The number of imidazole rings is 1. The fourth-order valence-corrected chi connectivity index (χ4v) is 2.86. The molecule has 0 unspecified atom stereocenters. The molecular weight excluding hydrogens is 312 g/mol. The summed E-state index contributed by atoms with van der Waals surface area (Å²) in [5.74, 6) is -1.19. The summed E-state index contributed by atoms with van der Waals surface area (Å²) < 4.78 is 1.33. The van der Waals surface area contributed by atoms with Gasteiger partial charge >= 0.3 is 5.82 Å². The molecule has 0 fully saturated rings. The lowest BCUT2D eigenvalue weighted by Crippen LogP contribution is -2.29. The van der Waals surface area contributed by atoms with E-state index in [-0.39, 0.29) is 18.1 Å². The zero-order chi connectivity index (χ0) is 16.8. The van der Waals surface area contributed by atoms with Crippen LogP contribution in [0.4, 0.5) is 5.82 Å². The summed E-state index contributed by atoms with van der Waals surface area (Å²) in [5.41, 5.74) is 1.05. The number of amides is 2. The van der Waals surface area contributed by atoms with Gasteiger partial charge in [0.1, 0.15) is 0 Å². The van der Waals surface area contributed by atoms with Crippen LogP contribution in [0.15, 0.2) is 48.7 Å². The van der Waals surface area contributed by atoms with Crippen LogP contribution < -0.4 is 0 Å². The van der Waals surface area contributed by atoms with E-state index in [1.807, 2.05) is 0 Å².